The first kappa shape index (κ1) is 14.9. The monoisotopic (exact) mass is 268 g/mol. The van der Waals surface area contributed by atoms with Gasteiger partial charge in [0.1, 0.15) is 10.5 Å². The lowest BCUT2D eigenvalue weighted by molar-refractivity contribution is -0.138. The highest BCUT2D eigenvalue weighted by Crippen LogP contribution is 2.25. The van der Waals surface area contributed by atoms with Crippen LogP contribution in [0.3, 0.4) is 0 Å². The summed E-state index contributed by atoms with van der Waals surface area (Å²) in [5.74, 6) is 0.745. The van der Waals surface area contributed by atoms with E-state index in [9.17, 15) is 4.79 Å². The summed E-state index contributed by atoms with van der Waals surface area (Å²) >= 11 is 1.39. The smallest absolute Gasteiger partial charge is 0.319 e. The number of aliphatic carboxylic acids is 1. The lowest BCUT2D eigenvalue weighted by Gasteiger charge is -2.18. The molecule has 1 aromatic carbocycles. The minimum absolute atomic E-state index is 0.520. The maximum absolute atomic E-state index is 10.9. The molecule has 3 nitrogen and oxygen atoms in total. The van der Waals surface area contributed by atoms with Gasteiger partial charge in [0.05, 0.1) is 6.61 Å². The molecule has 18 heavy (non-hydrogen) atoms. The molecule has 0 heterocycles. The Morgan fingerprint density at radius 1 is 1.39 bits per heavy atom. The van der Waals surface area contributed by atoms with E-state index in [1.807, 2.05) is 32.0 Å². The molecule has 0 spiro atoms. The number of carboxylic acid groups (broad SMARTS) is 1. The second-order valence-corrected chi connectivity index (χ2v) is 6.50. The van der Waals surface area contributed by atoms with Gasteiger partial charge >= 0.3 is 5.97 Å². The number of thioether (sulfide) groups is 1. The molecular weight excluding hydrogens is 248 g/mol. The highest BCUT2D eigenvalue weighted by Gasteiger charge is 2.27. The molecule has 0 saturated heterocycles. The van der Waals surface area contributed by atoms with E-state index in [0.717, 1.165) is 16.9 Å². The van der Waals surface area contributed by atoms with Crippen molar-refractivity contribution >= 4 is 17.7 Å². The van der Waals surface area contributed by atoms with Gasteiger partial charge in [0.25, 0.3) is 0 Å². The molecular formula is C14H20O3S. The van der Waals surface area contributed by atoms with Crippen LogP contribution >= 0.6 is 11.8 Å². The van der Waals surface area contributed by atoms with Gasteiger partial charge in [0.2, 0.25) is 0 Å². The topological polar surface area (TPSA) is 46.5 Å². The van der Waals surface area contributed by atoms with E-state index < -0.39 is 10.7 Å². The summed E-state index contributed by atoms with van der Waals surface area (Å²) in [6.07, 6.45) is 0. The van der Waals surface area contributed by atoms with Gasteiger partial charge in [-0.3, -0.25) is 4.79 Å². The molecule has 4 heteroatoms. The first-order valence-electron chi connectivity index (χ1n) is 5.90. The molecule has 1 rings (SSSR count). The average molecular weight is 268 g/mol. The minimum atomic E-state index is -0.792. The van der Waals surface area contributed by atoms with Crippen LogP contribution in [0.5, 0.6) is 5.75 Å². The Bertz CT molecular complexity index is 427. The molecule has 100 valence electrons. The maximum Gasteiger partial charge on any atom is 0.319 e. The summed E-state index contributed by atoms with van der Waals surface area (Å²) in [7, 11) is 0. The van der Waals surface area contributed by atoms with E-state index in [1.165, 1.54) is 11.8 Å². The number of hydrogen-bond donors (Lipinski definition) is 1. The molecule has 0 fully saturated rings. The van der Waals surface area contributed by atoms with Crippen molar-refractivity contribution in [2.45, 2.75) is 32.4 Å². The Morgan fingerprint density at radius 3 is 2.67 bits per heavy atom. The first-order valence-corrected chi connectivity index (χ1v) is 6.89. The van der Waals surface area contributed by atoms with Gasteiger partial charge in [-0.25, -0.2) is 0 Å². The Hall–Kier alpha value is -1.16. The Balaban J connectivity index is 2.43. The van der Waals surface area contributed by atoms with Crippen LogP contribution in [-0.2, 0) is 4.79 Å². The van der Waals surface area contributed by atoms with Crippen molar-refractivity contribution in [2.75, 3.05) is 12.4 Å². The third-order valence-corrected chi connectivity index (χ3v) is 3.93. The molecule has 0 bridgehead atoms. The summed E-state index contributed by atoms with van der Waals surface area (Å²) in [5, 5.41) is 8.98. The van der Waals surface area contributed by atoms with Crippen molar-refractivity contribution in [1.82, 2.24) is 0 Å². The third-order valence-electron chi connectivity index (χ3n) is 2.66. The Morgan fingerprint density at radius 2 is 2.06 bits per heavy atom. The fourth-order valence-corrected chi connectivity index (χ4v) is 2.17. The lowest BCUT2D eigenvalue weighted by Crippen LogP contribution is -2.28. The summed E-state index contributed by atoms with van der Waals surface area (Å²) in [6.45, 7) is 7.96. The quantitative estimate of drug-likeness (QED) is 0.804. The molecule has 0 saturated carbocycles. The fourth-order valence-electron chi connectivity index (χ4n) is 1.37. The van der Waals surface area contributed by atoms with Crippen molar-refractivity contribution in [3.8, 4) is 5.75 Å². The van der Waals surface area contributed by atoms with Crippen molar-refractivity contribution in [3.05, 3.63) is 29.3 Å². The lowest BCUT2D eigenvalue weighted by atomic mass is 10.1. The van der Waals surface area contributed by atoms with Crippen LogP contribution in [0.2, 0.25) is 0 Å². The molecule has 0 aliphatic heterocycles. The largest absolute Gasteiger partial charge is 0.492 e. The van der Waals surface area contributed by atoms with Crippen LogP contribution in [-0.4, -0.2) is 28.2 Å². The molecule has 0 aliphatic rings. The van der Waals surface area contributed by atoms with E-state index in [2.05, 4.69) is 0 Å². The molecule has 0 aliphatic carbocycles. The minimum Gasteiger partial charge on any atom is -0.492 e. The standard InChI is InChI=1S/C14H20O3S/c1-10-5-6-11(2)12(9-10)17-7-8-18-14(3,4)13(15)16/h5-6,9H,7-8H2,1-4H3,(H,15,16). The van der Waals surface area contributed by atoms with Gasteiger partial charge in [-0.2, -0.15) is 0 Å². The van der Waals surface area contributed by atoms with Gasteiger partial charge in [0, 0.05) is 5.75 Å². The zero-order valence-corrected chi connectivity index (χ0v) is 12.1. The van der Waals surface area contributed by atoms with Gasteiger partial charge in [-0.1, -0.05) is 12.1 Å². The van der Waals surface area contributed by atoms with E-state index in [0.29, 0.717) is 12.4 Å². The second kappa shape index (κ2) is 6.14. The number of carboxylic acids is 1. The highest BCUT2D eigenvalue weighted by molar-refractivity contribution is 8.01. The number of aryl methyl sites for hydroxylation is 2. The molecule has 1 aromatic rings. The average Bonchev–Trinajstić information content (AvgIpc) is 2.28. The molecule has 0 aromatic heterocycles. The highest BCUT2D eigenvalue weighted by atomic mass is 32.2. The Labute approximate surface area is 113 Å². The van der Waals surface area contributed by atoms with Gasteiger partial charge in [0.15, 0.2) is 0 Å². The summed E-state index contributed by atoms with van der Waals surface area (Å²) < 4.78 is 4.92. The van der Waals surface area contributed by atoms with Crippen molar-refractivity contribution in [3.63, 3.8) is 0 Å². The molecule has 1 N–H and O–H groups in total. The van der Waals surface area contributed by atoms with Gasteiger partial charge < -0.3 is 9.84 Å². The second-order valence-electron chi connectivity index (χ2n) is 4.78. The van der Waals surface area contributed by atoms with Crippen LogP contribution < -0.4 is 4.74 Å². The van der Waals surface area contributed by atoms with Crippen LogP contribution in [0.1, 0.15) is 25.0 Å². The predicted molar refractivity (Wildman–Crippen MR) is 75.6 cm³/mol. The van der Waals surface area contributed by atoms with Crippen LogP contribution in [0.15, 0.2) is 18.2 Å². The van der Waals surface area contributed by atoms with Crippen molar-refractivity contribution in [2.24, 2.45) is 0 Å². The molecule has 0 atom stereocenters. The molecule has 0 amide bonds. The van der Waals surface area contributed by atoms with Crippen molar-refractivity contribution in [1.29, 1.82) is 0 Å². The Kier molecular flexibility index (Phi) is 5.08. The zero-order valence-electron chi connectivity index (χ0n) is 11.3. The van der Waals surface area contributed by atoms with E-state index in [-0.39, 0.29) is 0 Å². The number of carbonyl (C=O) groups is 1. The van der Waals surface area contributed by atoms with Gasteiger partial charge in [-0.15, -0.1) is 11.8 Å². The van der Waals surface area contributed by atoms with Crippen LogP contribution in [0.4, 0.5) is 0 Å². The van der Waals surface area contributed by atoms with E-state index in [1.54, 1.807) is 13.8 Å². The SMILES string of the molecule is Cc1ccc(C)c(OCCSC(C)(C)C(=O)O)c1. The first-order chi connectivity index (χ1) is 8.33. The zero-order chi connectivity index (χ0) is 13.8. The molecule has 0 unspecified atom stereocenters. The van der Waals surface area contributed by atoms with E-state index >= 15 is 0 Å². The van der Waals surface area contributed by atoms with Crippen LogP contribution in [0.25, 0.3) is 0 Å². The molecule has 0 radical (unpaired) electrons. The summed E-state index contributed by atoms with van der Waals surface area (Å²) in [5.41, 5.74) is 2.26. The van der Waals surface area contributed by atoms with Crippen LogP contribution in [0, 0.1) is 13.8 Å². The summed E-state index contributed by atoms with van der Waals surface area (Å²) in [6, 6.07) is 6.08. The van der Waals surface area contributed by atoms with Gasteiger partial charge in [-0.05, 0) is 44.9 Å². The predicted octanol–water partition coefficient (Wildman–Crippen LogP) is 3.28. The maximum atomic E-state index is 10.9. The summed E-state index contributed by atoms with van der Waals surface area (Å²) in [4.78, 5) is 10.9. The number of ether oxygens (including phenoxy) is 1. The number of hydrogen-bond acceptors (Lipinski definition) is 3. The normalized spacial score (nSPS) is 11.3. The third kappa shape index (κ3) is 4.26. The number of benzene rings is 1. The number of rotatable bonds is 6. The van der Waals surface area contributed by atoms with Crippen molar-refractivity contribution < 1.29 is 14.6 Å². The fraction of sp³-hybridized carbons (Fsp3) is 0.500. The van der Waals surface area contributed by atoms with E-state index in [4.69, 9.17) is 9.84 Å².